The molecule has 0 bridgehead atoms. The minimum atomic E-state index is -0.445. The molecule has 1 heterocycles. The Morgan fingerprint density at radius 2 is 2.21 bits per heavy atom. The molecule has 1 aromatic heterocycles. The zero-order valence-corrected chi connectivity index (χ0v) is 10.7. The van der Waals surface area contributed by atoms with Crippen molar-refractivity contribution in [1.82, 2.24) is 15.5 Å². The summed E-state index contributed by atoms with van der Waals surface area (Å²) in [4.78, 5) is 10.6. The third-order valence-corrected chi connectivity index (χ3v) is 2.72. The molecule has 0 fully saturated rings. The molecule has 1 aromatic carbocycles. The lowest BCUT2D eigenvalue weighted by molar-refractivity contribution is -0.384. The predicted molar refractivity (Wildman–Crippen MR) is 68.8 cm³/mol. The van der Waals surface area contributed by atoms with Gasteiger partial charge in [-0.1, -0.05) is 12.1 Å². The van der Waals surface area contributed by atoms with Gasteiger partial charge in [-0.3, -0.25) is 10.1 Å². The van der Waals surface area contributed by atoms with Gasteiger partial charge in [0, 0.05) is 19.0 Å². The van der Waals surface area contributed by atoms with Crippen LogP contribution in [0.25, 0.3) is 11.5 Å². The SMILES string of the molecule is CNCCc1nnc(-c2c(C)cccc2[N+](=O)[O-])o1. The summed E-state index contributed by atoms with van der Waals surface area (Å²) in [6.07, 6.45) is 0.586. The van der Waals surface area contributed by atoms with Crippen molar-refractivity contribution in [1.29, 1.82) is 0 Å². The molecule has 0 aliphatic carbocycles. The van der Waals surface area contributed by atoms with Gasteiger partial charge in [0.05, 0.1) is 4.92 Å². The fourth-order valence-electron chi connectivity index (χ4n) is 1.77. The zero-order chi connectivity index (χ0) is 13.8. The Balaban J connectivity index is 2.41. The highest BCUT2D eigenvalue weighted by Gasteiger charge is 2.22. The van der Waals surface area contributed by atoms with Crippen LogP contribution in [0.5, 0.6) is 0 Å². The van der Waals surface area contributed by atoms with Crippen LogP contribution in [0.4, 0.5) is 5.69 Å². The molecule has 0 amide bonds. The molecule has 0 aliphatic rings. The number of benzene rings is 1. The Bertz CT molecular complexity index is 594. The number of nitrogens with one attached hydrogen (secondary N) is 1. The maximum atomic E-state index is 11.0. The highest BCUT2D eigenvalue weighted by atomic mass is 16.6. The Hall–Kier alpha value is -2.28. The number of aromatic nitrogens is 2. The Morgan fingerprint density at radius 1 is 1.42 bits per heavy atom. The third kappa shape index (κ3) is 2.76. The molecule has 0 radical (unpaired) electrons. The second-order valence-corrected chi connectivity index (χ2v) is 4.08. The first-order valence-corrected chi connectivity index (χ1v) is 5.85. The monoisotopic (exact) mass is 262 g/mol. The lowest BCUT2D eigenvalue weighted by atomic mass is 10.1. The summed E-state index contributed by atoms with van der Waals surface area (Å²) < 4.78 is 5.48. The van der Waals surface area contributed by atoms with Crippen molar-refractivity contribution in [3.63, 3.8) is 0 Å². The number of aryl methyl sites for hydroxylation is 1. The van der Waals surface area contributed by atoms with Crippen LogP contribution in [-0.2, 0) is 6.42 Å². The van der Waals surface area contributed by atoms with E-state index in [1.165, 1.54) is 6.07 Å². The van der Waals surface area contributed by atoms with E-state index < -0.39 is 4.92 Å². The first-order chi connectivity index (χ1) is 9.13. The molecule has 0 atom stereocenters. The normalized spacial score (nSPS) is 10.6. The number of nitro groups is 1. The molecule has 2 aromatic rings. The predicted octanol–water partition coefficient (Wildman–Crippen LogP) is 1.72. The third-order valence-electron chi connectivity index (χ3n) is 2.72. The highest BCUT2D eigenvalue weighted by molar-refractivity contribution is 5.70. The van der Waals surface area contributed by atoms with E-state index in [0.717, 1.165) is 5.56 Å². The molecule has 2 rings (SSSR count). The number of nitro benzene ring substituents is 1. The van der Waals surface area contributed by atoms with Crippen molar-refractivity contribution in [3.05, 3.63) is 39.8 Å². The topological polar surface area (TPSA) is 94.1 Å². The van der Waals surface area contributed by atoms with Crippen LogP contribution in [0.15, 0.2) is 22.6 Å². The quantitative estimate of drug-likeness (QED) is 0.651. The van der Waals surface area contributed by atoms with E-state index >= 15 is 0 Å². The minimum Gasteiger partial charge on any atom is -0.420 e. The largest absolute Gasteiger partial charge is 0.420 e. The van der Waals surface area contributed by atoms with E-state index in [1.54, 1.807) is 19.1 Å². The molecule has 0 saturated carbocycles. The molecule has 7 nitrogen and oxygen atoms in total. The lowest BCUT2D eigenvalue weighted by Crippen LogP contribution is -2.10. The minimum absolute atomic E-state index is 0.0242. The molecule has 0 spiro atoms. The van der Waals surface area contributed by atoms with Gasteiger partial charge in [-0.2, -0.15) is 0 Å². The van der Waals surface area contributed by atoms with Gasteiger partial charge >= 0.3 is 0 Å². The van der Waals surface area contributed by atoms with Crippen LogP contribution in [0, 0.1) is 17.0 Å². The van der Waals surface area contributed by atoms with Crippen molar-refractivity contribution in [2.75, 3.05) is 13.6 Å². The molecule has 1 N–H and O–H groups in total. The van der Waals surface area contributed by atoms with Gasteiger partial charge in [0.2, 0.25) is 5.89 Å². The fourth-order valence-corrected chi connectivity index (χ4v) is 1.77. The van der Waals surface area contributed by atoms with Crippen LogP contribution in [-0.4, -0.2) is 28.7 Å². The number of hydrogen-bond donors (Lipinski definition) is 1. The Labute approximate surface area is 109 Å². The van der Waals surface area contributed by atoms with Crippen molar-refractivity contribution < 1.29 is 9.34 Å². The van der Waals surface area contributed by atoms with Gasteiger partial charge in [0.15, 0.2) is 0 Å². The lowest BCUT2D eigenvalue weighted by Gasteiger charge is -2.01. The van der Waals surface area contributed by atoms with E-state index in [2.05, 4.69) is 15.5 Å². The fraction of sp³-hybridized carbons (Fsp3) is 0.333. The number of rotatable bonds is 5. The van der Waals surface area contributed by atoms with Gasteiger partial charge in [0.25, 0.3) is 11.6 Å². The Morgan fingerprint density at radius 3 is 2.89 bits per heavy atom. The summed E-state index contributed by atoms with van der Waals surface area (Å²) in [6, 6.07) is 4.84. The second-order valence-electron chi connectivity index (χ2n) is 4.08. The first kappa shape index (κ1) is 13.2. The molecule has 0 saturated heterocycles. The Kier molecular flexibility index (Phi) is 3.86. The summed E-state index contributed by atoms with van der Waals surface area (Å²) in [5.74, 6) is 0.651. The van der Waals surface area contributed by atoms with E-state index in [9.17, 15) is 10.1 Å². The number of hydrogen-bond acceptors (Lipinski definition) is 6. The van der Waals surface area contributed by atoms with Crippen LogP contribution in [0.2, 0.25) is 0 Å². The highest BCUT2D eigenvalue weighted by Crippen LogP contribution is 2.31. The number of nitrogens with zero attached hydrogens (tertiary/aromatic N) is 3. The summed E-state index contributed by atoms with van der Waals surface area (Å²) in [6.45, 7) is 2.48. The van der Waals surface area contributed by atoms with Crippen LogP contribution < -0.4 is 5.32 Å². The summed E-state index contributed by atoms with van der Waals surface area (Å²) >= 11 is 0. The van der Waals surface area contributed by atoms with E-state index in [1.807, 2.05) is 7.05 Å². The van der Waals surface area contributed by atoms with Crippen molar-refractivity contribution >= 4 is 5.69 Å². The van der Waals surface area contributed by atoms with E-state index in [-0.39, 0.29) is 11.6 Å². The molecule has 19 heavy (non-hydrogen) atoms. The number of likely N-dealkylation sites (N-methyl/N-ethyl adjacent to an activating group) is 1. The van der Waals surface area contributed by atoms with Crippen LogP contribution in [0.3, 0.4) is 0 Å². The standard InChI is InChI=1S/C12H14N4O3/c1-8-4-3-5-9(16(17)18)11(8)12-15-14-10(19-12)6-7-13-2/h3-5,13H,6-7H2,1-2H3. The molecule has 7 heteroatoms. The van der Waals surface area contributed by atoms with E-state index in [0.29, 0.717) is 24.4 Å². The summed E-state index contributed by atoms with van der Waals surface area (Å²) in [5, 5.41) is 21.8. The smallest absolute Gasteiger partial charge is 0.282 e. The van der Waals surface area contributed by atoms with Crippen molar-refractivity contribution in [2.24, 2.45) is 0 Å². The van der Waals surface area contributed by atoms with Gasteiger partial charge < -0.3 is 9.73 Å². The maximum absolute atomic E-state index is 11.0. The average Bonchev–Trinajstić information content (AvgIpc) is 2.84. The average molecular weight is 262 g/mol. The maximum Gasteiger partial charge on any atom is 0.282 e. The van der Waals surface area contributed by atoms with Crippen LogP contribution >= 0.6 is 0 Å². The van der Waals surface area contributed by atoms with Gasteiger partial charge in [-0.15, -0.1) is 10.2 Å². The second kappa shape index (κ2) is 5.57. The zero-order valence-electron chi connectivity index (χ0n) is 10.7. The van der Waals surface area contributed by atoms with Gasteiger partial charge in [-0.25, -0.2) is 0 Å². The summed E-state index contributed by atoms with van der Waals surface area (Å²) in [5.41, 5.74) is 1.09. The van der Waals surface area contributed by atoms with Crippen LogP contribution in [0.1, 0.15) is 11.5 Å². The molecule has 0 unspecified atom stereocenters. The molecular formula is C12H14N4O3. The molecular weight excluding hydrogens is 248 g/mol. The van der Waals surface area contributed by atoms with Gasteiger partial charge in [-0.05, 0) is 19.5 Å². The van der Waals surface area contributed by atoms with E-state index in [4.69, 9.17) is 4.42 Å². The van der Waals surface area contributed by atoms with Gasteiger partial charge in [0.1, 0.15) is 5.56 Å². The van der Waals surface area contributed by atoms with Crippen molar-refractivity contribution in [3.8, 4) is 11.5 Å². The first-order valence-electron chi connectivity index (χ1n) is 5.85. The molecule has 0 aliphatic heterocycles. The molecule has 100 valence electrons. The summed E-state index contributed by atoms with van der Waals surface area (Å²) in [7, 11) is 1.82. The van der Waals surface area contributed by atoms with Crippen molar-refractivity contribution in [2.45, 2.75) is 13.3 Å².